The molecule has 39 heavy (non-hydrogen) atoms. The molecule has 0 aliphatic heterocycles. The highest BCUT2D eigenvalue weighted by Gasteiger charge is 2.29. The van der Waals surface area contributed by atoms with Crippen LogP contribution in [0.25, 0.3) is 11.1 Å². The SMILES string of the molecule is COc1ccnc(C(=O)C[C@@H](C)C(=O)O[C@@H](C)[C@H](Oc2ccccc2)c2cccc(-c3ccccc3)c2)c1O. The maximum Gasteiger partial charge on any atom is 0.309 e. The molecule has 1 heterocycles. The van der Waals surface area contributed by atoms with Crippen molar-refractivity contribution in [1.29, 1.82) is 0 Å². The van der Waals surface area contributed by atoms with Crippen molar-refractivity contribution in [2.45, 2.75) is 32.5 Å². The predicted molar refractivity (Wildman–Crippen MR) is 148 cm³/mol. The molecule has 0 fully saturated rings. The number of para-hydroxylation sites is 1. The first-order valence-electron chi connectivity index (χ1n) is 12.7. The number of ether oxygens (including phenoxy) is 3. The van der Waals surface area contributed by atoms with Gasteiger partial charge in [0.15, 0.2) is 29.1 Å². The van der Waals surface area contributed by atoms with Crippen molar-refractivity contribution >= 4 is 11.8 Å². The van der Waals surface area contributed by atoms with Crippen molar-refractivity contribution in [3.05, 3.63) is 108 Å². The van der Waals surface area contributed by atoms with Gasteiger partial charge in [0.05, 0.1) is 13.0 Å². The topological polar surface area (TPSA) is 95.0 Å². The van der Waals surface area contributed by atoms with E-state index in [1.165, 1.54) is 19.4 Å². The number of Topliss-reactive ketones (excluding diaryl/α,β-unsaturated/α-hetero) is 1. The van der Waals surface area contributed by atoms with Gasteiger partial charge in [-0.05, 0) is 41.8 Å². The van der Waals surface area contributed by atoms with Crippen LogP contribution in [0.4, 0.5) is 0 Å². The number of esters is 1. The average molecular weight is 526 g/mol. The molecule has 0 amide bonds. The lowest BCUT2D eigenvalue weighted by Crippen LogP contribution is -2.30. The largest absolute Gasteiger partial charge is 0.503 e. The molecule has 0 saturated heterocycles. The Morgan fingerprint density at radius 3 is 2.23 bits per heavy atom. The summed E-state index contributed by atoms with van der Waals surface area (Å²) < 4.78 is 17.2. The second-order valence-electron chi connectivity index (χ2n) is 9.22. The Morgan fingerprint density at radius 2 is 1.54 bits per heavy atom. The van der Waals surface area contributed by atoms with Crippen LogP contribution < -0.4 is 9.47 Å². The minimum absolute atomic E-state index is 0.135. The van der Waals surface area contributed by atoms with E-state index < -0.39 is 29.9 Å². The molecule has 7 nitrogen and oxygen atoms in total. The number of carbonyl (C=O) groups excluding carboxylic acids is 2. The molecule has 3 aromatic carbocycles. The quantitative estimate of drug-likeness (QED) is 0.178. The van der Waals surface area contributed by atoms with Crippen molar-refractivity contribution in [3.8, 4) is 28.4 Å². The first-order valence-corrected chi connectivity index (χ1v) is 12.7. The van der Waals surface area contributed by atoms with Gasteiger partial charge in [0.2, 0.25) is 0 Å². The summed E-state index contributed by atoms with van der Waals surface area (Å²) in [5.74, 6) is -1.40. The van der Waals surface area contributed by atoms with E-state index in [1.54, 1.807) is 13.8 Å². The van der Waals surface area contributed by atoms with Crippen LogP contribution in [0.5, 0.6) is 17.2 Å². The summed E-state index contributed by atoms with van der Waals surface area (Å²) in [6.07, 6.45) is -0.101. The number of carbonyl (C=O) groups is 2. The van der Waals surface area contributed by atoms with E-state index in [1.807, 2.05) is 84.9 Å². The average Bonchev–Trinajstić information content (AvgIpc) is 2.97. The van der Waals surface area contributed by atoms with Crippen molar-refractivity contribution in [1.82, 2.24) is 4.98 Å². The number of nitrogens with zero attached hydrogens (tertiary/aromatic N) is 1. The normalized spacial score (nSPS) is 13.1. The Balaban J connectivity index is 1.52. The maximum atomic E-state index is 13.1. The predicted octanol–water partition coefficient (Wildman–Crippen LogP) is 6.42. The third-order valence-corrected chi connectivity index (χ3v) is 6.32. The van der Waals surface area contributed by atoms with Gasteiger partial charge in [-0.1, -0.05) is 73.7 Å². The molecule has 4 rings (SSSR count). The number of methoxy groups -OCH3 is 1. The van der Waals surface area contributed by atoms with Crippen LogP contribution in [-0.2, 0) is 9.53 Å². The molecular weight excluding hydrogens is 494 g/mol. The van der Waals surface area contributed by atoms with Crippen LogP contribution in [-0.4, -0.2) is 35.1 Å². The van der Waals surface area contributed by atoms with Gasteiger partial charge in [0.25, 0.3) is 0 Å². The van der Waals surface area contributed by atoms with Crippen LogP contribution in [0.3, 0.4) is 0 Å². The summed E-state index contributed by atoms with van der Waals surface area (Å²) in [6.45, 7) is 3.37. The highest BCUT2D eigenvalue weighted by molar-refractivity contribution is 5.99. The number of benzene rings is 3. The lowest BCUT2D eigenvalue weighted by molar-refractivity contribution is -0.157. The zero-order valence-corrected chi connectivity index (χ0v) is 22.1. The number of pyridine rings is 1. The van der Waals surface area contributed by atoms with E-state index >= 15 is 0 Å². The molecule has 3 atom stereocenters. The smallest absolute Gasteiger partial charge is 0.309 e. The second-order valence-corrected chi connectivity index (χ2v) is 9.22. The molecular formula is C32H31NO6. The number of aromatic hydroxyl groups is 1. The minimum Gasteiger partial charge on any atom is -0.503 e. The fraction of sp³-hybridized carbons (Fsp3) is 0.219. The maximum absolute atomic E-state index is 13.1. The van der Waals surface area contributed by atoms with Gasteiger partial charge < -0.3 is 19.3 Å². The first-order chi connectivity index (χ1) is 18.9. The van der Waals surface area contributed by atoms with Crippen LogP contribution in [0.2, 0.25) is 0 Å². The van der Waals surface area contributed by atoms with Gasteiger partial charge in [0.1, 0.15) is 11.9 Å². The van der Waals surface area contributed by atoms with Crippen LogP contribution in [0.1, 0.15) is 42.4 Å². The molecule has 1 aromatic heterocycles. The van der Waals surface area contributed by atoms with Gasteiger partial charge in [-0.15, -0.1) is 0 Å². The summed E-state index contributed by atoms with van der Waals surface area (Å²) in [4.78, 5) is 29.8. The molecule has 7 heteroatoms. The highest BCUT2D eigenvalue weighted by atomic mass is 16.6. The molecule has 0 radical (unpaired) electrons. The summed E-state index contributed by atoms with van der Waals surface area (Å²) in [7, 11) is 1.38. The fourth-order valence-electron chi connectivity index (χ4n) is 4.23. The van der Waals surface area contributed by atoms with E-state index in [9.17, 15) is 14.7 Å². The standard InChI is InChI=1S/C32H31NO6/c1-21(19-27(34)29-30(35)28(37-3)17-18-33-29)32(36)38-22(2)31(39-26-15-8-5-9-16-26)25-14-10-13-24(20-25)23-11-6-4-7-12-23/h4-18,20-22,31,35H,19H2,1-3H3/t21-,22+,31+/m1/s1. The van der Waals surface area contributed by atoms with Crippen molar-refractivity contribution in [3.63, 3.8) is 0 Å². The van der Waals surface area contributed by atoms with E-state index in [4.69, 9.17) is 14.2 Å². The number of rotatable bonds is 11. The number of hydrogen-bond donors (Lipinski definition) is 1. The molecule has 0 unspecified atom stereocenters. The lowest BCUT2D eigenvalue weighted by Gasteiger charge is -2.27. The second kappa shape index (κ2) is 12.7. The highest BCUT2D eigenvalue weighted by Crippen LogP contribution is 2.32. The lowest BCUT2D eigenvalue weighted by atomic mass is 9.98. The summed E-state index contributed by atoms with van der Waals surface area (Å²) in [5, 5.41) is 10.3. The van der Waals surface area contributed by atoms with Gasteiger partial charge in [-0.3, -0.25) is 9.59 Å². The van der Waals surface area contributed by atoms with Gasteiger partial charge in [-0.2, -0.15) is 0 Å². The Bertz CT molecular complexity index is 1410. The van der Waals surface area contributed by atoms with Gasteiger partial charge in [-0.25, -0.2) is 4.98 Å². The zero-order chi connectivity index (χ0) is 27.8. The van der Waals surface area contributed by atoms with E-state index in [0.717, 1.165) is 16.7 Å². The van der Waals surface area contributed by atoms with Crippen molar-refractivity contribution in [2.24, 2.45) is 5.92 Å². The molecule has 0 spiro atoms. The summed E-state index contributed by atoms with van der Waals surface area (Å²) >= 11 is 0. The summed E-state index contributed by atoms with van der Waals surface area (Å²) in [5.41, 5.74) is 2.77. The Labute approximate surface area is 228 Å². The fourth-order valence-corrected chi connectivity index (χ4v) is 4.23. The molecule has 0 aliphatic rings. The minimum atomic E-state index is -0.777. The molecule has 0 aliphatic carbocycles. The van der Waals surface area contributed by atoms with Crippen molar-refractivity contribution in [2.75, 3.05) is 7.11 Å². The van der Waals surface area contributed by atoms with Crippen LogP contribution in [0, 0.1) is 5.92 Å². The molecule has 4 aromatic rings. The number of aromatic nitrogens is 1. The zero-order valence-electron chi connectivity index (χ0n) is 22.1. The summed E-state index contributed by atoms with van der Waals surface area (Å²) in [6, 6.07) is 28.7. The molecule has 0 saturated carbocycles. The van der Waals surface area contributed by atoms with E-state index in [2.05, 4.69) is 4.98 Å². The van der Waals surface area contributed by atoms with Gasteiger partial charge in [0, 0.05) is 18.7 Å². The number of hydrogen-bond acceptors (Lipinski definition) is 7. The van der Waals surface area contributed by atoms with Crippen molar-refractivity contribution < 1.29 is 28.9 Å². The molecule has 200 valence electrons. The number of ketones is 1. The van der Waals surface area contributed by atoms with Gasteiger partial charge >= 0.3 is 5.97 Å². The van der Waals surface area contributed by atoms with E-state index in [-0.39, 0.29) is 23.6 Å². The monoisotopic (exact) mass is 525 g/mol. The molecule has 1 N–H and O–H groups in total. The van der Waals surface area contributed by atoms with E-state index in [0.29, 0.717) is 5.75 Å². The third-order valence-electron chi connectivity index (χ3n) is 6.32. The Morgan fingerprint density at radius 1 is 0.872 bits per heavy atom. The molecule has 0 bridgehead atoms. The third kappa shape index (κ3) is 6.82. The Kier molecular flexibility index (Phi) is 8.94. The Hall–Kier alpha value is -4.65. The first kappa shape index (κ1) is 27.4. The van der Waals surface area contributed by atoms with Crippen LogP contribution >= 0.6 is 0 Å². The van der Waals surface area contributed by atoms with Crippen LogP contribution in [0.15, 0.2) is 97.2 Å².